The summed E-state index contributed by atoms with van der Waals surface area (Å²) in [6, 6.07) is -0.617. The third-order valence-electron chi connectivity index (χ3n) is 2.93. The van der Waals surface area contributed by atoms with E-state index in [2.05, 4.69) is 17.3 Å². The fourth-order valence-electron chi connectivity index (χ4n) is 1.82. The Labute approximate surface area is 102 Å². The average Bonchev–Trinajstić information content (AvgIpc) is 2.55. The Balaban J connectivity index is 2.89. The van der Waals surface area contributed by atoms with Gasteiger partial charge < -0.3 is 10.4 Å². The fourth-order valence-corrected chi connectivity index (χ4v) is 1.82. The van der Waals surface area contributed by atoms with Gasteiger partial charge in [0.1, 0.15) is 6.04 Å². The van der Waals surface area contributed by atoms with Crippen LogP contribution in [0.25, 0.3) is 0 Å². The third kappa shape index (κ3) is 3.06. The van der Waals surface area contributed by atoms with Crippen LogP contribution in [0.5, 0.6) is 0 Å². The molecule has 5 nitrogen and oxygen atoms in total. The van der Waals surface area contributed by atoms with E-state index in [4.69, 9.17) is 5.11 Å². The van der Waals surface area contributed by atoms with Crippen molar-refractivity contribution in [1.82, 2.24) is 15.1 Å². The zero-order valence-electron chi connectivity index (χ0n) is 10.9. The Morgan fingerprint density at radius 2 is 2.18 bits per heavy atom. The summed E-state index contributed by atoms with van der Waals surface area (Å²) in [5, 5.41) is 16.6. The van der Waals surface area contributed by atoms with Gasteiger partial charge in [0.15, 0.2) is 0 Å². The van der Waals surface area contributed by atoms with Crippen LogP contribution in [0.1, 0.15) is 43.3 Å². The molecular formula is C12H21N3O2. The lowest BCUT2D eigenvalue weighted by atomic mass is 10.2. The Hall–Kier alpha value is -1.36. The number of carbonyl (C=O) groups is 1. The number of carboxylic acids is 1. The van der Waals surface area contributed by atoms with Crippen LogP contribution in [0.3, 0.4) is 0 Å². The molecule has 17 heavy (non-hydrogen) atoms. The maximum absolute atomic E-state index is 11.0. The van der Waals surface area contributed by atoms with Crippen LogP contribution in [0, 0.1) is 13.8 Å². The third-order valence-corrected chi connectivity index (χ3v) is 2.93. The molecule has 1 heterocycles. The molecule has 1 atom stereocenters. The molecule has 1 unspecified atom stereocenters. The van der Waals surface area contributed by atoms with Crippen molar-refractivity contribution >= 4 is 5.97 Å². The van der Waals surface area contributed by atoms with Gasteiger partial charge in [0.25, 0.3) is 0 Å². The molecule has 0 fully saturated rings. The SMILES string of the molecule is CCCNCc1c(C)nn(C(C)C(=O)O)c1C. The van der Waals surface area contributed by atoms with Gasteiger partial charge in [0.05, 0.1) is 5.69 Å². The summed E-state index contributed by atoms with van der Waals surface area (Å²) in [7, 11) is 0. The number of hydrogen-bond acceptors (Lipinski definition) is 3. The predicted molar refractivity (Wildman–Crippen MR) is 66.0 cm³/mol. The average molecular weight is 239 g/mol. The van der Waals surface area contributed by atoms with E-state index in [-0.39, 0.29) is 0 Å². The van der Waals surface area contributed by atoms with Crippen molar-refractivity contribution in [3.05, 3.63) is 17.0 Å². The van der Waals surface area contributed by atoms with Crippen molar-refractivity contribution in [2.75, 3.05) is 6.54 Å². The predicted octanol–water partition coefficient (Wildman–Crippen LogP) is 1.65. The van der Waals surface area contributed by atoms with Crippen LogP contribution in [0.4, 0.5) is 0 Å². The maximum Gasteiger partial charge on any atom is 0.328 e. The van der Waals surface area contributed by atoms with Crippen LogP contribution in [0.15, 0.2) is 0 Å². The van der Waals surface area contributed by atoms with Gasteiger partial charge in [0, 0.05) is 17.8 Å². The number of hydrogen-bond donors (Lipinski definition) is 2. The largest absolute Gasteiger partial charge is 0.480 e. The summed E-state index contributed by atoms with van der Waals surface area (Å²) >= 11 is 0. The standard InChI is InChI=1S/C12H21N3O2/c1-5-6-13-7-11-8(2)14-15(9(11)3)10(4)12(16)17/h10,13H,5-7H2,1-4H3,(H,16,17). The van der Waals surface area contributed by atoms with E-state index in [9.17, 15) is 4.79 Å². The molecule has 1 aromatic rings. The first kappa shape index (κ1) is 13.7. The lowest BCUT2D eigenvalue weighted by Gasteiger charge is -2.09. The Bertz CT molecular complexity index is 399. The molecule has 1 rings (SSSR count). The van der Waals surface area contributed by atoms with E-state index < -0.39 is 12.0 Å². The lowest BCUT2D eigenvalue weighted by molar-refractivity contribution is -0.140. The highest BCUT2D eigenvalue weighted by atomic mass is 16.4. The monoisotopic (exact) mass is 239 g/mol. The summed E-state index contributed by atoms with van der Waals surface area (Å²) < 4.78 is 1.58. The molecule has 0 saturated heterocycles. The number of aliphatic carboxylic acids is 1. The van der Waals surface area contributed by atoms with Crippen molar-refractivity contribution in [1.29, 1.82) is 0 Å². The highest BCUT2D eigenvalue weighted by Gasteiger charge is 2.19. The van der Waals surface area contributed by atoms with Gasteiger partial charge in [0.2, 0.25) is 0 Å². The molecule has 0 aliphatic carbocycles. The zero-order valence-corrected chi connectivity index (χ0v) is 10.9. The smallest absolute Gasteiger partial charge is 0.328 e. The van der Waals surface area contributed by atoms with Crippen molar-refractivity contribution in [3.8, 4) is 0 Å². The Kier molecular flexibility index (Phi) is 4.69. The molecule has 0 aromatic carbocycles. The van der Waals surface area contributed by atoms with Gasteiger partial charge in [-0.25, -0.2) is 4.79 Å². The van der Waals surface area contributed by atoms with Gasteiger partial charge in [-0.2, -0.15) is 5.10 Å². The highest BCUT2D eigenvalue weighted by molar-refractivity contribution is 5.71. The fraction of sp³-hybridized carbons (Fsp3) is 0.667. The summed E-state index contributed by atoms with van der Waals surface area (Å²) in [5.41, 5.74) is 2.94. The van der Waals surface area contributed by atoms with E-state index in [0.717, 1.165) is 36.5 Å². The van der Waals surface area contributed by atoms with Crippen LogP contribution in [0.2, 0.25) is 0 Å². The second-order valence-electron chi connectivity index (χ2n) is 4.28. The second-order valence-corrected chi connectivity index (χ2v) is 4.28. The van der Waals surface area contributed by atoms with Gasteiger partial charge in [-0.3, -0.25) is 4.68 Å². The molecule has 0 radical (unpaired) electrons. The molecule has 1 aromatic heterocycles. The molecule has 0 saturated carbocycles. The lowest BCUT2D eigenvalue weighted by Crippen LogP contribution is -2.19. The van der Waals surface area contributed by atoms with Crippen molar-refractivity contribution in [2.45, 2.75) is 46.7 Å². The van der Waals surface area contributed by atoms with Crippen LogP contribution in [-0.4, -0.2) is 27.4 Å². The van der Waals surface area contributed by atoms with E-state index in [0.29, 0.717) is 0 Å². The second kappa shape index (κ2) is 5.82. The van der Waals surface area contributed by atoms with Gasteiger partial charge in [-0.1, -0.05) is 6.92 Å². The van der Waals surface area contributed by atoms with Crippen LogP contribution >= 0.6 is 0 Å². The van der Waals surface area contributed by atoms with E-state index in [1.807, 2.05) is 13.8 Å². The van der Waals surface area contributed by atoms with Gasteiger partial charge >= 0.3 is 5.97 Å². The first-order valence-electron chi connectivity index (χ1n) is 5.97. The molecule has 2 N–H and O–H groups in total. The van der Waals surface area contributed by atoms with Crippen molar-refractivity contribution < 1.29 is 9.90 Å². The normalized spacial score (nSPS) is 12.7. The quantitative estimate of drug-likeness (QED) is 0.741. The minimum Gasteiger partial charge on any atom is -0.480 e. The number of aromatic nitrogens is 2. The zero-order chi connectivity index (χ0) is 13.0. The van der Waals surface area contributed by atoms with E-state index in [1.54, 1.807) is 11.6 Å². The van der Waals surface area contributed by atoms with Gasteiger partial charge in [-0.05, 0) is 33.7 Å². The van der Waals surface area contributed by atoms with Crippen LogP contribution in [-0.2, 0) is 11.3 Å². The molecule has 0 aliphatic heterocycles. The maximum atomic E-state index is 11.0. The van der Waals surface area contributed by atoms with E-state index >= 15 is 0 Å². The first-order chi connectivity index (χ1) is 7.99. The first-order valence-corrected chi connectivity index (χ1v) is 5.97. The van der Waals surface area contributed by atoms with Crippen molar-refractivity contribution in [3.63, 3.8) is 0 Å². The van der Waals surface area contributed by atoms with E-state index in [1.165, 1.54) is 0 Å². The Morgan fingerprint density at radius 1 is 1.53 bits per heavy atom. The number of rotatable bonds is 6. The molecule has 0 amide bonds. The number of nitrogens with one attached hydrogen (secondary N) is 1. The molecule has 0 aliphatic rings. The summed E-state index contributed by atoms with van der Waals surface area (Å²) in [5.74, 6) is -0.858. The minimum atomic E-state index is -0.858. The number of nitrogens with zero attached hydrogens (tertiary/aromatic N) is 2. The topological polar surface area (TPSA) is 67.2 Å². The summed E-state index contributed by atoms with van der Waals surface area (Å²) in [6.07, 6.45) is 1.08. The summed E-state index contributed by atoms with van der Waals surface area (Å²) in [6.45, 7) is 9.30. The number of aryl methyl sites for hydroxylation is 1. The molecule has 96 valence electrons. The van der Waals surface area contributed by atoms with Gasteiger partial charge in [-0.15, -0.1) is 0 Å². The Morgan fingerprint density at radius 3 is 2.71 bits per heavy atom. The van der Waals surface area contributed by atoms with Crippen molar-refractivity contribution in [2.24, 2.45) is 0 Å². The molecule has 0 spiro atoms. The molecule has 0 bridgehead atoms. The van der Waals surface area contributed by atoms with Crippen LogP contribution < -0.4 is 5.32 Å². The highest BCUT2D eigenvalue weighted by Crippen LogP contribution is 2.17. The minimum absolute atomic E-state index is 0.617. The molecule has 5 heteroatoms. The number of carboxylic acid groups (broad SMARTS) is 1. The molecular weight excluding hydrogens is 218 g/mol. The summed E-state index contributed by atoms with van der Waals surface area (Å²) in [4.78, 5) is 11.0.